The predicted molar refractivity (Wildman–Crippen MR) is 189 cm³/mol. The second kappa shape index (κ2) is 29.7. The van der Waals surface area contributed by atoms with Crippen LogP contribution in [0.15, 0.2) is 170 Å². The molecule has 0 fully saturated rings. The normalized spacial score (nSPS) is 8.92. The Bertz CT molecular complexity index is 1310. The molecule has 0 aliphatic heterocycles. The van der Waals surface area contributed by atoms with Crippen LogP contribution in [-0.4, -0.2) is 21.5 Å². The molecule has 0 amide bonds. The van der Waals surface area contributed by atoms with Gasteiger partial charge in [-0.3, -0.25) is 9.97 Å². The van der Waals surface area contributed by atoms with Gasteiger partial charge >= 0.3 is 39.9 Å². The molecule has 6 aromatic rings. The number of nitrogens with zero attached hydrogens (tertiary/aromatic N) is 2. The van der Waals surface area contributed by atoms with Crippen molar-refractivity contribution >= 4 is 82.6 Å². The summed E-state index contributed by atoms with van der Waals surface area (Å²) in [5.74, 6) is 1.94. The summed E-state index contributed by atoms with van der Waals surface area (Å²) in [7, 11) is -1.11. The average Bonchev–Trinajstić information content (AvgIpc) is 3.09. The Balaban J connectivity index is 0. The Morgan fingerprint density at radius 1 is 0.417 bits per heavy atom. The molecule has 0 aliphatic rings. The van der Waals surface area contributed by atoms with Gasteiger partial charge < -0.3 is 57.6 Å². The molecule has 0 unspecified atom stereocenters. The number of pyridine rings is 2. The first-order valence-electron chi connectivity index (χ1n) is 13.3. The van der Waals surface area contributed by atoms with E-state index in [-0.39, 0.29) is 64.7 Å². The number of hydrogen-bond donors (Lipinski definition) is 0. The van der Waals surface area contributed by atoms with E-state index in [1.807, 2.05) is 24.5 Å². The van der Waals surface area contributed by atoms with Crippen LogP contribution in [0.5, 0.6) is 0 Å². The van der Waals surface area contributed by atoms with Crippen molar-refractivity contribution in [3.63, 3.8) is 0 Å². The van der Waals surface area contributed by atoms with Gasteiger partial charge in [0.2, 0.25) is 0 Å². The van der Waals surface area contributed by atoms with Crippen LogP contribution < -0.4 is 56.9 Å². The largest absolute Gasteiger partial charge is 2.00 e. The van der Waals surface area contributed by atoms with Crippen molar-refractivity contribution in [3.05, 3.63) is 170 Å². The summed E-state index contributed by atoms with van der Waals surface area (Å²) in [6.45, 7) is 0. The molecule has 6 rings (SSSR count). The molecule has 0 saturated carbocycles. The molecule has 0 aliphatic carbocycles. The van der Waals surface area contributed by atoms with Gasteiger partial charge in [-0.2, -0.15) is 11.5 Å². The van der Waals surface area contributed by atoms with Crippen LogP contribution in [0.4, 0.5) is 0 Å². The first-order chi connectivity index (χ1) is 21.7. The van der Waals surface area contributed by atoms with Gasteiger partial charge in [-0.25, -0.2) is 0 Å². The molecule has 0 bridgehead atoms. The number of carbonyl (C=O) groups excluding carboxylic acids is 2. The van der Waals surface area contributed by atoms with E-state index in [9.17, 15) is 0 Å². The fraction of sp³-hybridized carbons (Fsp3) is 0. The van der Waals surface area contributed by atoms with Crippen LogP contribution in [0.25, 0.3) is 0 Å². The average molecular weight is 934 g/mol. The maximum Gasteiger partial charge on any atom is 2.00 e. The smallest absolute Gasteiger partial charge is 1.00 e. The molecule has 4 nitrogen and oxygen atoms in total. The topological polar surface area (TPSA) is 59.9 Å². The number of rotatable bonds is 6. The summed E-state index contributed by atoms with van der Waals surface area (Å²) in [6.07, 6.45) is 3.74. The molecule has 0 atom stereocenters. The van der Waals surface area contributed by atoms with Crippen molar-refractivity contribution in [1.82, 2.24) is 9.97 Å². The summed E-state index contributed by atoms with van der Waals surface area (Å²) >= 11 is 8.39. The second-order valence-corrected chi connectivity index (χ2v) is 13.2. The van der Waals surface area contributed by atoms with Crippen LogP contribution in [0, 0.1) is 0 Å². The molecular weight excluding hydrogens is 905 g/mol. The van der Waals surface area contributed by atoms with E-state index in [1.54, 1.807) is 0 Å². The summed E-state index contributed by atoms with van der Waals surface area (Å²) in [5, 5.41) is 5.34. The first kappa shape index (κ1) is 47.9. The van der Waals surface area contributed by atoms with Gasteiger partial charge in [-0.05, 0) is 45.5 Å². The van der Waals surface area contributed by atoms with Crippen molar-refractivity contribution in [2.24, 2.45) is 0 Å². The first-order valence-corrected chi connectivity index (χ1v) is 16.8. The molecule has 12 heteroatoms. The minimum absolute atomic E-state index is 0. The molecule has 4 aromatic carbocycles. The number of hydrogen-bond acceptors (Lipinski definition) is 4. The maximum atomic E-state index is 8.45. The summed E-state index contributed by atoms with van der Waals surface area (Å²) in [6, 6.07) is 54.8. The van der Waals surface area contributed by atoms with E-state index in [4.69, 9.17) is 9.59 Å². The van der Waals surface area contributed by atoms with E-state index >= 15 is 0 Å². The van der Waals surface area contributed by atoms with Crippen LogP contribution in [0.3, 0.4) is 0 Å². The van der Waals surface area contributed by atoms with Gasteiger partial charge in [0.1, 0.15) is 0 Å². The molecule has 1 radical (unpaired) electrons. The molecule has 2 aromatic heterocycles. The van der Waals surface area contributed by atoms with Crippen LogP contribution in [0.1, 0.15) is 0 Å². The summed E-state index contributed by atoms with van der Waals surface area (Å²) in [4.78, 5) is 26.0. The molecular formula is C36H28Cl4N2O2P2PdRh. The third-order valence-corrected chi connectivity index (χ3v) is 10.5. The minimum Gasteiger partial charge on any atom is -1.00 e. The number of aromatic nitrogens is 2. The monoisotopic (exact) mass is 931 g/mol. The zero-order valence-corrected chi connectivity index (χ0v) is 32.9. The second-order valence-electron chi connectivity index (χ2n) is 8.54. The SMILES string of the molecule is O=[C-]Cl.O=[C-]Cl.[Cl-].[Cl-].[Pd+2].[Rh+2].c1ccc(P(c2ccccc2)c2ccccn2)cc1.c1ccc(P(c2ccccc2)c2ccccn2)cc1. The maximum absolute atomic E-state index is 8.45. The zero-order chi connectivity index (χ0) is 31.2. The number of halogens is 4. The molecule has 2 heterocycles. The Morgan fingerprint density at radius 2 is 0.625 bits per heavy atom. The van der Waals surface area contributed by atoms with Crippen LogP contribution >= 0.6 is 39.0 Å². The predicted octanol–water partition coefficient (Wildman–Crippen LogP) is 0.267. The van der Waals surface area contributed by atoms with Gasteiger partial charge in [-0.1, -0.05) is 133 Å². The quantitative estimate of drug-likeness (QED) is 0.104. The fourth-order valence-electron chi connectivity index (χ4n) is 4.11. The molecule has 48 heavy (non-hydrogen) atoms. The van der Waals surface area contributed by atoms with Gasteiger partial charge in [0.05, 0.1) is 10.9 Å². The zero-order valence-electron chi connectivity index (χ0n) is 24.9. The van der Waals surface area contributed by atoms with E-state index < -0.39 is 15.8 Å². The Morgan fingerprint density at radius 3 is 0.812 bits per heavy atom. The molecule has 251 valence electrons. The molecule has 0 spiro atoms. The standard InChI is InChI=1S/2C17H14NP.2CClO.2ClH.Pd.Rh/c2*1-3-9-15(10-4-1)19(16-11-5-2-6-12-16)17-13-7-8-14-18-17;2*2-1-3;;;;/h2*1-14H;;;2*1H;;/q;;2*-1;;;2*+2/p-2. The Kier molecular flexibility index (Phi) is 29.7. The molecule has 0 N–H and O–H groups in total. The van der Waals surface area contributed by atoms with Crippen molar-refractivity contribution in [3.8, 4) is 0 Å². The van der Waals surface area contributed by atoms with Crippen molar-refractivity contribution in [1.29, 1.82) is 0 Å². The summed E-state index contributed by atoms with van der Waals surface area (Å²) < 4.78 is 0. The van der Waals surface area contributed by atoms with Gasteiger partial charge in [0.25, 0.3) is 0 Å². The molecule has 0 saturated heterocycles. The third kappa shape index (κ3) is 16.5. The van der Waals surface area contributed by atoms with E-state index in [0.29, 0.717) is 0 Å². The van der Waals surface area contributed by atoms with E-state index in [1.165, 1.54) is 21.2 Å². The van der Waals surface area contributed by atoms with E-state index in [2.05, 4.69) is 179 Å². The van der Waals surface area contributed by atoms with Gasteiger partial charge in [0.15, 0.2) is 0 Å². The van der Waals surface area contributed by atoms with Crippen LogP contribution in [-0.2, 0) is 49.5 Å². The van der Waals surface area contributed by atoms with Crippen molar-refractivity contribution in [2.45, 2.75) is 0 Å². The van der Waals surface area contributed by atoms with E-state index in [0.717, 1.165) is 22.4 Å². The number of benzene rings is 4. The summed E-state index contributed by atoms with van der Waals surface area (Å²) in [5.41, 5.74) is 2.30. The van der Waals surface area contributed by atoms with Crippen LogP contribution in [0.2, 0.25) is 0 Å². The van der Waals surface area contributed by atoms with Gasteiger partial charge in [0, 0.05) is 28.2 Å². The minimum atomic E-state index is -0.557. The Labute approximate surface area is 334 Å². The Hall–Kier alpha value is -2.17. The third-order valence-electron chi connectivity index (χ3n) is 5.81. The van der Waals surface area contributed by atoms with Crippen molar-refractivity contribution in [2.75, 3.05) is 0 Å². The van der Waals surface area contributed by atoms with Gasteiger partial charge in [-0.15, -0.1) is 0 Å². The fourth-order valence-corrected chi connectivity index (χ4v) is 8.48. The van der Waals surface area contributed by atoms with Crippen molar-refractivity contribution < 1.29 is 74.3 Å².